The van der Waals surface area contributed by atoms with Crippen molar-refractivity contribution in [2.24, 2.45) is 0 Å². The highest BCUT2D eigenvalue weighted by Gasteiger charge is 2.05. The summed E-state index contributed by atoms with van der Waals surface area (Å²) < 4.78 is 12.8. The van der Waals surface area contributed by atoms with Gasteiger partial charge >= 0.3 is 0 Å². The van der Waals surface area contributed by atoms with Gasteiger partial charge in [0, 0.05) is 11.6 Å². The second-order valence-corrected chi connectivity index (χ2v) is 2.31. The van der Waals surface area contributed by atoms with Crippen LogP contribution < -0.4 is 5.48 Å². The fourth-order valence-electron chi connectivity index (χ4n) is 0.879. The van der Waals surface area contributed by atoms with Crippen molar-refractivity contribution in [1.29, 1.82) is 0 Å². The third-order valence-corrected chi connectivity index (χ3v) is 1.55. The molecule has 0 fully saturated rings. The van der Waals surface area contributed by atoms with E-state index in [2.05, 4.69) is 0 Å². The Morgan fingerprint density at radius 2 is 2.18 bits per heavy atom. The minimum Gasteiger partial charge on any atom is -0.206 e. The molecule has 0 amide bonds. The molecule has 2 N–H and O–H groups in total. The highest BCUT2D eigenvalue weighted by Crippen LogP contribution is 2.11. The van der Waals surface area contributed by atoms with E-state index in [0.29, 0.717) is 5.56 Å². The number of hydrogen-bond acceptors (Lipinski definition) is 1. The first-order valence-corrected chi connectivity index (χ1v) is 3.37. The van der Waals surface area contributed by atoms with Gasteiger partial charge in [0.1, 0.15) is 5.82 Å². The van der Waals surface area contributed by atoms with E-state index < -0.39 is 0 Å². The van der Waals surface area contributed by atoms with Crippen molar-refractivity contribution in [3.8, 4) is 0 Å². The zero-order chi connectivity index (χ0) is 8.27. The van der Waals surface area contributed by atoms with Crippen LogP contribution in [-0.2, 0) is 4.84 Å². The Kier molecular flexibility index (Phi) is 2.57. The number of benzene rings is 1. The largest absolute Gasteiger partial charge is 0.206 e. The summed E-state index contributed by atoms with van der Waals surface area (Å²) in [5.74, 6) is -0.198. The highest BCUT2D eigenvalue weighted by atomic mass is 19.1. The summed E-state index contributed by atoms with van der Waals surface area (Å²) in [5, 5.41) is 0. The molecule has 0 unspecified atom stereocenters. The third-order valence-electron chi connectivity index (χ3n) is 1.55. The van der Waals surface area contributed by atoms with Crippen LogP contribution in [0.1, 0.15) is 5.56 Å². The maximum Gasteiger partial charge on any atom is 0.167 e. The summed E-state index contributed by atoms with van der Waals surface area (Å²) in [6.07, 6.45) is 0. The molecule has 0 saturated heterocycles. The van der Waals surface area contributed by atoms with Crippen LogP contribution in [0.2, 0.25) is 0 Å². The van der Waals surface area contributed by atoms with Crippen LogP contribution in [0.4, 0.5) is 10.1 Å². The average Bonchev–Trinajstić information content (AvgIpc) is 1.99. The lowest BCUT2D eigenvalue weighted by Gasteiger charge is -2.00. The van der Waals surface area contributed by atoms with Gasteiger partial charge in [-0.05, 0) is 13.0 Å². The van der Waals surface area contributed by atoms with Crippen molar-refractivity contribution in [2.45, 2.75) is 6.92 Å². The monoisotopic (exact) mass is 156 g/mol. The van der Waals surface area contributed by atoms with Gasteiger partial charge < -0.3 is 0 Å². The molecule has 0 aliphatic heterocycles. The van der Waals surface area contributed by atoms with Crippen LogP contribution in [0.3, 0.4) is 0 Å². The van der Waals surface area contributed by atoms with Crippen LogP contribution in [-0.4, -0.2) is 7.11 Å². The fraction of sp³-hybridized carbons (Fsp3) is 0.250. The topological polar surface area (TPSA) is 25.8 Å². The lowest BCUT2D eigenvalue weighted by molar-refractivity contribution is -0.830. The second kappa shape index (κ2) is 3.46. The molecule has 0 aliphatic carbocycles. The number of halogens is 1. The number of nitrogens with two attached hydrogens (primary N) is 1. The summed E-state index contributed by atoms with van der Waals surface area (Å²) >= 11 is 0. The molecule has 11 heavy (non-hydrogen) atoms. The van der Waals surface area contributed by atoms with E-state index in [1.807, 2.05) is 6.07 Å². The molecule has 1 rings (SSSR count). The van der Waals surface area contributed by atoms with Crippen LogP contribution in [0, 0.1) is 12.7 Å². The van der Waals surface area contributed by atoms with Crippen LogP contribution >= 0.6 is 0 Å². The molecule has 0 bridgehead atoms. The molecule has 0 heterocycles. The van der Waals surface area contributed by atoms with Gasteiger partial charge in [-0.2, -0.15) is 5.48 Å². The predicted octanol–water partition coefficient (Wildman–Crippen LogP) is 0.890. The molecule has 0 aromatic heterocycles. The van der Waals surface area contributed by atoms with Crippen molar-refractivity contribution >= 4 is 5.69 Å². The second-order valence-electron chi connectivity index (χ2n) is 2.31. The van der Waals surface area contributed by atoms with Crippen LogP contribution in [0.15, 0.2) is 18.2 Å². The molecule has 1 aromatic rings. The van der Waals surface area contributed by atoms with E-state index in [-0.39, 0.29) is 5.82 Å². The molecule has 0 atom stereocenters. The average molecular weight is 156 g/mol. The third kappa shape index (κ3) is 1.76. The smallest absolute Gasteiger partial charge is 0.167 e. The normalized spacial score (nSPS) is 10.1. The Hall–Kier alpha value is -0.930. The first-order chi connectivity index (χ1) is 5.25. The highest BCUT2D eigenvalue weighted by molar-refractivity contribution is 5.38. The first kappa shape index (κ1) is 8.17. The summed E-state index contributed by atoms with van der Waals surface area (Å²) in [6, 6.07) is 4.90. The Morgan fingerprint density at radius 3 is 2.82 bits per heavy atom. The lowest BCUT2D eigenvalue weighted by Crippen LogP contribution is -2.76. The maximum absolute atomic E-state index is 12.8. The number of rotatable bonds is 2. The molecule has 60 valence electrons. The van der Waals surface area contributed by atoms with Crippen molar-refractivity contribution in [3.05, 3.63) is 29.6 Å². The summed E-state index contributed by atoms with van der Waals surface area (Å²) in [4.78, 5) is 4.77. The SMILES string of the molecule is CO[NH2+]c1cccc(F)c1C. The predicted molar refractivity (Wildman–Crippen MR) is 39.7 cm³/mol. The molecule has 3 heteroatoms. The Labute approximate surface area is 64.9 Å². The van der Waals surface area contributed by atoms with Gasteiger partial charge in [-0.3, -0.25) is 0 Å². The van der Waals surface area contributed by atoms with Gasteiger partial charge in [0.2, 0.25) is 0 Å². The van der Waals surface area contributed by atoms with Gasteiger partial charge in [-0.25, -0.2) is 9.23 Å². The van der Waals surface area contributed by atoms with Crippen molar-refractivity contribution in [2.75, 3.05) is 7.11 Å². The van der Waals surface area contributed by atoms with E-state index in [4.69, 9.17) is 4.84 Å². The Bertz CT molecular complexity index is 250. The quantitative estimate of drug-likeness (QED) is 0.499. The zero-order valence-electron chi connectivity index (χ0n) is 6.60. The molecule has 0 spiro atoms. The molecular weight excluding hydrogens is 145 g/mol. The zero-order valence-corrected chi connectivity index (χ0v) is 6.60. The van der Waals surface area contributed by atoms with Gasteiger partial charge in [-0.1, -0.05) is 6.07 Å². The Morgan fingerprint density at radius 1 is 1.45 bits per heavy atom. The minimum absolute atomic E-state index is 0.198. The van der Waals surface area contributed by atoms with Gasteiger partial charge in [0.25, 0.3) is 0 Å². The van der Waals surface area contributed by atoms with E-state index in [9.17, 15) is 4.39 Å². The summed E-state index contributed by atoms with van der Waals surface area (Å²) in [6.45, 7) is 1.72. The molecule has 2 nitrogen and oxygen atoms in total. The number of quaternary nitrogens is 1. The van der Waals surface area contributed by atoms with Crippen molar-refractivity contribution in [1.82, 2.24) is 0 Å². The standard InChI is InChI=1S/C8H10FNO/c1-6-7(9)4-3-5-8(6)10-11-2/h3-5,10H,1-2H3/p+1. The van der Waals surface area contributed by atoms with Gasteiger partial charge in [-0.15, -0.1) is 0 Å². The van der Waals surface area contributed by atoms with E-state index in [1.54, 1.807) is 20.1 Å². The molecule has 0 aliphatic rings. The fourth-order valence-corrected chi connectivity index (χ4v) is 0.879. The lowest BCUT2D eigenvalue weighted by atomic mass is 10.2. The molecular formula is C8H11FNO+. The maximum atomic E-state index is 12.8. The number of hydrogen-bond donors (Lipinski definition) is 1. The first-order valence-electron chi connectivity index (χ1n) is 3.37. The van der Waals surface area contributed by atoms with E-state index in [1.165, 1.54) is 11.5 Å². The van der Waals surface area contributed by atoms with Crippen molar-refractivity contribution < 1.29 is 14.7 Å². The van der Waals surface area contributed by atoms with Gasteiger partial charge in [0.15, 0.2) is 5.69 Å². The Balaban J connectivity index is 2.96. The molecule has 1 aromatic carbocycles. The van der Waals surface area contributed by atoms with Crippen LogP contribution in [0.25, 0.3) is 0 Å². The summed E-state index contributed by atoms with van der Waals surface area (Å²) in [5.41, 5.74) is 2.93. The van der Waals surface area contributed by atoms with E-state index in [0.717, 1.165) is 5.69 Å². The summed E-state index contributed by atoms with van der Waals surface area (Å²) in [7, 11) is 1.55. The van der Waals surface area contributed by atoms with E-state index >= 15 is 0 Å². The minimum atomic E-state index is -0.198. The molecule has 0 saturated carbocycles. The van der Waals surface area contributed by atoms with Gasteiger partial charge in [0.05, 0.1) is 7.11 Å². The van der Waals surface area contributed by atoms with Crippen molar-refractivity contribution in [3.63, 3.8) is 0 Å². The molecule has 0 radical (unpaired) electrons. The van der Waals surface area contributed by atoms with Crippen LogP contribution in [0.5, 0.6) is 0 Å².